The highest BCUT2D eigenvalue weighted by atomic mass is 35.5. The Balaban J connectivity index is 2.19. The summed E-state index contributed by atoms with van der Waals surface area (Å²) in [4.78, 5) is 24.2. The SMILES string of the molecule is CCOC(=O)C1=C(C[NH2+][C@@H](C)c2cccc(Cl)c2)NC(=O)N[C@@H]1CC. The fourth-order valence-corrected chi connectivity index (χ4v) is 3.04. The quantitative estimate of drug-likeness (QED) is 0.644. The van der Waals surface area contributed by atoms with Crippen LogP contribution in [0.5, 0.6) is 0 Å². The molecule has 2 rings (SSSR count). The number of carbonyl (C=O) groups is 2. The van der Waals surface area contributed by atoms with Gasteiger partial charge in [-0.05, 0) is 32.4 Å². The summed E-state index contributed by atoms with van der Waals surface area (Å²) < 4.78 is 5.17. The molecule has 1 aromatic carbocycles. The summed E-state index contributed by atoms with van der Waals surface area (Å²) in [6.45, 7) is 6.50. The Hall–Kier alpha value is -2.05. The van der Waals surface area contributed by atoms with E-state index < -0.39 is 0 Å². The van der Waals surface area contributed by atoms with Gasteiger partial charge in [-0.1, -0.05) is 30.7 Å². The van der Waals surface area contributed by atoms with Crippen LogP contribution in [-0.4, -0.2) is 31.2 Å². The molecule has 1 aliphatic heterocycles. The molecule has 1 aliphatic rings. The smallest absolute Gasteiger partial charge is 0.338 e. The number of urea groups is 1. The molecule has 0 unspecified atom stereocenters. The number of quaternary nitrogens is 1. The average molecular weight is 367 g/mol. The van der Waals surface area contributed by atoms with Gasteiger partial charge in [0.05, 0.1) is 23.9 Å². The lowest BCUT2D eigenvalue weighted by atomic mass is 10.00. The molecule has 0 spiro atoms. The van der Waals surface area contributed by atoms with Gasteiger partial charge in [0.25, 0.3) is 0 Å². The number of nitrogens with two attached hydrogens (primary N) is 1. The van der Waals surface area contributed by atoms with E-state index >= 15 is 0 Å². The fourth-order valence-electron chi connectivity index (χ4n) is 2.84. The van der Waals surface area contributed by atoms with Crippen LogP contribution in [-0.2, 0) is 9.53 Å². The number of hydrogen-bond acceptors (Lipinski definition) is 3. The first kappa shape index (κ1) is 19.3. The second-order valence-electron chi connectivity index (χ2n) is 5.96. The molecule has 25 heavy (non-hydrogen) atoms. The van der Waals surface area contributed by atoms with Crippen LogP contribution in [0, 0.1) is 0 Å². The first-order chi connectivity index (χ1) is 12.0. The van der Waals surface area contributed by atoms with Gasteiger partial charge in [0, 0.05) is 10.6 Å². The van der Waals surface area contributed by atoms with Crippen LogP contribution >= 0.6 is 11.6 Å². The first-order valence-corrected chi connectivity index (χ1v) is 8.90. The van der Waals surface area contributed by atoms with Gasteiger partial charge < -0.3 is 20.7 Å². The highest BCUT2D eigenvalue weighted by molar-refractivity contribution is 6.30. The van der Waals surface area contributed by atoms with E-state index in [1.807, 2.05) is 31.2 Å². The number of nitrogens with one attached hydrogen (secondary N) is 2. The zero-order valence-electron chi connectivity index (χ0n) is 14.8. The minimum atomic E-state index is -0.388. The lowest BCUT2D eigenvalue weighted by Crippen LogP contribution is -2.86. The molecule has 0 saturated carbocycles. The van der Waals surface area contributed by atoms with Crippen molar-refractivity contribution in [3.05, 3.63) is 46.1 Å². The summed E-state index contributed by atoms with van der Waals surface area (Å²) in [6.07, 6.45) is 0.620. The van der Waals surface area contributed by atoms with Gasteiger partial charge in [-0.25, -0.2) is 9.59 Å². The number of carbonyl (C=O) groups excluding carboxylic acids is 2. The summed E-state index contributed by atoms with van der Waals surface area (Å²) in [7, 11) is 0. The summed E-state index contributed by atoms with van der Waals surface area (Å²) in [5.74, 6) is -0.388. The molecule has 1 aromatic rings. The molecule has 4 N–H and O–H groups in total. The molecule has 6 nitrogen and oxygen atoms in total. The van der Waals surface area contributed by atoms with E-state index in [4.69, 9.17) is 16.3 Å². The van der Waals surface area contributed by atoms with E-state index in [-0.39, 0.29) is 24.1 Å². The van der Waals surface area contributed by atoms with Crippen LogP contribution in [0.25, 0.3) is 0 Å². The third-order valence-electron chi connectivity index (χ3n) is 4.20. The summed E-state index contributed by atoms with van der Waals surface area (Å²) >= 11 is 6.04. The monoisotopic (exact) mass is 366 g/mol. The van der Waals surface area contributed by atoms with Crippen LogP contribution in [0.2, 0.25) is 5.02 Å². The van der Waals surface area contributed by atoms with Crippen molar-refractivity contribution < 1.29 is 19.6 Å². The van der Waals surface area contributed by atoms with Gasteiger partial charge in [0.15, 0.2) is 0 Å². The lowest BCUT2D eigenvalue weighted by molar-refractivity contribution is -0.686. The predicted molar refractivity (Wildman–Crippen MR) is 96.1 cm³/mol. The molecule has 0 fully saturated rings. The number of benzene rings is 1. The Kier molecular flexibility index (Phi) is 6.84. The Morgan fingerprint density at radius 3 is 2.80 bits per heavy atom. The number of hydrogen-bond donors (Lipinski definition) is 3. The zero-order valence-corrected chi connectivity index (χ0v) is 15.5. The molecule has 136 valence electrons. The molecular weight excluding hydrogens is 342 g/mol. The Morgan fingerprint density at radius 1 is 1.40 bits per heavy atom. The van der Waals surface area contributed by atoms with E-state index in [1.54, 1.807) is 6.92 Å². The fraction of sp³-hybridized carbons (Fsp3) is 0.444. The van der Waals surface area contributed by atoms with Crippen LogP contribution in [0.15, 0.2) is 35.5 Å². The van der Waals surface area contributed by atoms with E-state index in [0.717, 1.165) is 5.56 Å². The van der Waals surface area contributed by atoms with Crippen LogP contribution in [0.1, 0.15) is 38.8 Å². The van der Waals surface area contributed by atoms with Crippen LogP contribution in [0.3, 0.4) is 0 Å². The van der Waals surface area contributed by atoms with Crippen molar-refractivity contribution >= 4 is 23.6 Å². The van der Waals surface area contributed by atoms with Crippen LogP contribution in [0.4, 0.5) is 4.79 Å². The van der Waals surface area contributed by atoms with E-state index in [2.05, 4.69) is 22.9 Å². The largest absolute Gasteiger partial charge is 0.463 e. The number of rotatable bonds is 7. The highest BCUT2D eigenvalue weighted by Gasteiger charge is 2.32. The van der Waals surface area contributed by atoms with Crippen molar-refractivity contribution in [2.24, 2.45) is 0 Å². The minimum Gasteiger partial charge on any atom is -0.463 e. The third-order valence-corrected chi connectivity index (χ3v) is 4.43. The van der Waals surface area contributed by atoms with Gasteiger partial charge in [0.1, 0.15) is 12.6 Å². The topological polar surface area (TPSA) is 84.0 Å². The van der Waals surface area contributed by atoms with Crippen molar-refractivity contribution in [1.82, 2.24) is 10.6 Å². The van der Waals surface area contributed by atoms with Gasteiger partial charge >= 0.3 is 12.0 Å². The number of amides is 2. The molecule has 2 atom stereocenters. The molecule has 0 aromatic heterocycles. The normalized spacial score (nSPS) is 18.4. The first-order valence-electron chi connectivity index (χ1n) is 8.52. The van der Waals surface area contributed by atoms with Gasteiger partial charge in [-0.15, -0.1) is 0 Å². The van der Waals surface area contributed by atoms with E-state index in [0.29, 0.717) is 35.9 Å². The van der Waals surface area contributed by atoms with Gasteiger partial charge in [-0.2, -0.15) is 0 Å². The van der Waals surface area contributed by atoms with Crippen LogP contribution < -0.4 is 16.0 Å². The molecule has 1 heterocycles. The van der Waals surface area contributed by atoms with Crippen molar-refractivity contribution in [3.8, 4) is 0 Å². The molecule has 0 bridgehead atoms. The Bertz CT molecular complexity index is 675. The highest BCUT2D eigenvalue weighted by Crippen LogP contribution is 2.17. The molecule has 0 aliphatic carbocycles. The van der Waals surface area contributed by atoms with E-state index in [9.17, 15) is 9.59 Å². The average Bonchev–Trinajstić information content (AvgIpc) is 2.59. The predicted octanol–water partition coefficient (Wildman–Crippen LogP) is 1.87. The van der Waals surface area contributed by atoms with Gasteiger partial charge in [0.2, 0.25) is 0 Å². The molecule has 2 amide bonds. The number of esters is 1. The third kappa shape index (κ3) is 4.96. The summed E-state index contributed by atoms with van der Waals surface area (Å²) in [5, 5.41) is 8.27. The maximum absolute atomic E-state index is 12.3. The van der Waals surface area contributed by atoms with Crippen molar-refractivity contribution in [1.29, 1.82) is 0 Å². The zero-order chi connectivity index (χ0) is 18.4. The number of halogens is 1. The van der Waals surface area contributed by atoms with E-state index in [1.165, 1.54) is 0 Å². The maximum atomic E-state index is 12.3. The molecule has 0 saturated heterocycles. The summed E-state index contributed by atoms with van der Waals surface area (Å²) in [5.41, 5.74) is 2.18. The van der Waals surface area contributed by atoms with Crippen molar-refractivity contribution in [3.63, 3.8) is 0 Å². The number of ether oxygens (including phenoxy) is 1. The maximum Gasteiger partial charge on any atom is 0.338 e. The van der Waals surface area contributed by atoms with Gasteiger partial charge in [-0.3, -0.25) is 0 Å². The standard InChI is InChI=1S/C18H24ClN3O3/c1-4-14-16(17(23)25-5-2)15(22-18(24)21-14)10-20-11(3)12-7-6-8-13(19)9-12/h6-9,11,14,20H,4-5,10H2,1-3H3,(H2,21,22,24)/p+1/t11-,14+/m0/s1. The lowest BCUT2D eigenvalue weighted by Gasteiger charge is -2.28. The molecular formula is C18H25ClN3O3+. The van der Waals surface area contributed by atoms with Crippen molar-refractivity contribution in [2.45, 2.75) is 39.3 Å². The minimum absolute atomic E-state index is 0.126. The Morgan fingerprint density at radius 2 is 2.16 bits per heavy atom. The summed E-state index contributed by atoms with van der Waals surface area (Å²) in [6, 6.07) is 7.16. The molecule has 7 heteroatoms. The second kappa shape index (κ2) is 8.87. The van der Waals surface area contributed by atoms with Crippen molar-refractivity contribution in [2.75, 3.05) is 13.2 Å². The second-order valence-corrected chi connectivity index (χ2v) is 6.39. The Labute approximate surface area is 153 Å². The molecule has 0 radical (unpaired) electrons.